The van der Waals surface area contributed by atoms with Gasteiger partial charge >= 0.3 is 0 Å². The molecule has 0 atom stereocenters. The maximum Gasteiger partial charge on any atom is 0.198 e. The lowest BCUT2D eigenvalue weighted by Crippen LogP contribution is -1.74. The average Bonchev–Trinajstić information content (AvgIpc) is 2.21. The van der Waals surface area contributed by atoms with Crippen LogP contribution >= 0.6 is 11.6 Å². The summed E-state index contributed by atoms with van der Waals surface area (Å²) in [5.74, 6) is 0. The summed E-state index contributed by atoms with van der Waals surface area (Å²) in [7, 11) is 0. The van der Waals surface area contributed by atoms with E-state index in [-0.39, 0.29) is 0 Å². The van der Waals surface area contributed by atoms with Crippen LogP contribution in [0.25, 0.3) is 6.08 Å². The molecule has 0 spiro atoms. The predicted octanol–water partition coefficient (Wildman–Crippen LogP) is 3.63. The number of benzene rings is 1. The minimum absolute atomic E-state index is 0.519. The van der Waals surface area contributed by atoms with Crippen LogP contribution in [0.15, 0.2) is 30.3 Å². The summed E-state index contributed by atoms with van der Waals surface area (Å²) in [6, 6.07) is 7.65. The van der Waals surface area contributed by atoms with Crippen LogP contribution in [0.5, 0.6) is 0 Å². The minimum atomic E-state index is 0.519. The molecule has 0 bridgehead atoms. The van der Waals surface area contributed by atoms with Crippen molar-refractivity contribution in [1.29, 1.82) is 0 Å². The van der Waals surface area contributed by atoms with E-state index in [0.29, 0.717) is 6.42 Å². The normalized spacial score (nSPS) is 10.6. The highest BCUT2D eigenvalue weighted by Crippen LogP contribution is 2.11. The van der Waals surface area contributed by atoms with E-state index in [2.05, 4.69) is 6.08 Å². The lowest BCUT2D eigenvalue weighted by atomic mass is 10.2. The Bertz CT molecular complexity index is 301. The van der Waals surface area contributed by atoms with Gasteiger partial charge in [-0.1, -0.05) is 35.9 Å². The first-order valence-corrected chi connectivity index (χ1v) is 4.98. The number of unbranched alkanes of at least 4 members (excludes halogenated alkanes) is 2. The van der Waals surface area contributed by atoms with Crippen LogP contribution in [0.2, 0.25) is 5.02 Å². The molecule has 1 nitrogen and oxygen atoms in total. The Morgan fingerprint density at radius 3 is 2.64 bits per heavy atom. The molecule has 1 aromatic carbocycles. The van der Waals surface area contributed by atoms with Gasteiger partial charge < -0.3 is 0 Å². The average molecular weight is 208 g/mol. The van der Waals surface area contributed by atoms with Gasteiger partial charge in [0.25, 0.3) is 0 Å². The first kappa shape index (κ1) is 11.0. The van der Waals surface area contributed by atoms with Crippen molar-refractivity contribution >= 4 is 24.0 Å². The van der Waals surface area contributed by atoms with Crippen LogP contribution in [0.4, 0.5) is 0 Å². The van der Waals surface area contributed by atoms with Gasteiger partial charge in [0.1, 0.15) is 0 Å². The van der Waals surface area contributed by atoms with E-state index in [1.165, 1.54) is 0 Å². The zero-order valence-corrected chi connectivity index (χ0v) is 8.63. The molecule has 0 aliphatic carbocycles. The molecule has 0 aliphatic heterocycles. The first-order chi connectivity index (χ1) is 6.83. The van der Waals surface area contributed by atoms with Crippen LogP contribution in [0.1, 0.15) is 24.8 Å². The van der Waals surface area contributed by atoms with Crippen LogP contribution in [0, 0.1) is 0 Å². The van der Waals surface area contributed by atoms with Gasteiger partial charge in [-0.2, -0.15) is 0 Å². The standard InChI is InChI=1S/C12H12ClO/c13-12-8-6-11(7-9-12)5-3-1-2-4-10-14/h3,5-9H,1-2,4H2/b5-3+. The number of rotatable bonds is 5. The van der Waals surface area contributed by atoms with Gasteiger partial charge in [0, 0.05) is 11.4 Å². The smallest absolute Gasteiger partial charge is 0.198 e. The Hall–Kier alpha value is -1.08. The Kier molecular flexibility index (Phi) is 5.02. The molecule has 2 heteroatoms. The molecule has 0 aromatic heterocycles. The van der Waals surface area contributed by atoms with E-state index in [4.69, 9.17) is 11.6 Å². The summed E-state index contributed by atoms with van der Waals surface area (Å²) in [6.07, 6.45) is 8.26. The molecule has 0 aliphatic rings. The fraction of sp³-hybridized carbons (Fsp3) is 0.250. The highest BCUT2D eigenvalue weighted by molar-refractivity contribution is 6.30. The highest BCUT2D eigenvalue weighted by Gasteiger charge is 1.87. The zero-order valence-electron chi connectivity index (χ0n) is 7.87. The molecule has 0 saturated heterocycles. The largest absolute Gasteiger partial charge is 0.291 e. The Morgan fingerprint density at radius 2 is 2.00 bits per heavy atom. The summed E-state index contributed by atoms with van der Waals surface area (Å²) < 4.78 is 0. The van der Waals surface area contributed by atoms with E-state index in [9.17, 15) is 4.79 Å². The number of allylic oxidation sites excluding steroid dienone is 1. The molecule has 0 saturated carbocycles. The predicted molar refractivity (Wildman–Crippen MR) is 60.0 cm³/mol. The summed E-state index contributed by atoms with van der Waals surface area (Å²) in [6.45, 7) is 0. The number of halogens is 1. The van der Waals surface area contributed by atoms with E-state index in [1.54, 1.807) is 0 Å². The molecule has 1 radical (unpaired) electrons. The summed E-state index contributed by atoms with van der Waals surface area (Å²) in [5.41, 5.74) is 1.13. The lowest BCUT2D eigenvalue weighted by molar-refractivity contribution is 0.549. The molecular formula is C12H12ClO. The zero-order chi connectivity index (χ0) is 10.2. The van der Waals surface area contributed by atoms with Crippen molar-refractivity contribution in [2.75, 3.05) is 0 Å². The van der Waals surface area contributed by atoms with Crippen molar-refractivity contribution in [1.82, 2.24) is 0 Å². The molecule has 0 amide bonds. The van der Waals surface area contributed by atoms with Crippen molar-refractivity contribution in [3.8, 4) is 0 Å². The SMILES string of the molecule is O=[C]CCC/C=C/c1ccc(Cl)cc1. The quantitative estimate of drug-likeness (QED) is 0.674. The number of hydrogen-bond donors (Lipinski definition) is 0. The van der Waals surface area contributed by atoms with Crippen LogP contribution < -0.4 is 0 Å². The molecule has 14 heavy (non-hydrogen) atoms. The molecule has 1 aromatic rings. The number of hydrogen-bond acceptors (Lipinski definition) is 1. The van der Waals surface area contributed by atoms with Gasteiger partial charge in [-0.05, 0) is 30.5 Å². The molecule has 0 fully saturated rings. The Labute approximate surface area is 89.4 Å². The Balaban J connectivity index is 2.36. The third-order valence-corrected chi connectivity index (χ3v) is 2.08. The molecule has 0 unspecified atom stereocenters. The molecule has 73 valence electrons. The summed E-state index contributed by atoms with van der Waals surface area (Å²) in [5, 5.41) is 0.748. The third kappa shape index (κ3) is 4.24. The maximum atomic E-state index is 9.91. The van der Waals surface area contributed by atoms with Crippen molar-refractivity contribution in [3.63, 3.8) is 0 Å². The number of carbonyl (C=O) groups excluding carboxylic acids is 1. The third-order valence-electron chi connectivity index (χ3n) is 1.83. The van der Waals surface area contributed by atoms with Crippen LogP contribution in [-0.2, 0) is 4.79 Å². The second-order valence-corrected chi connectivity index (χ2v) is 3.43. The fourth-order valence-corrected chi connectivity index (χ4v) is 1.21. The second-order valence-electron chi connectivity index (χ2n) is 2.99. The van der Waals surface area contributed by atoms with Gasteiger partial charge in [-0.15, -0.1) is 0 Å². The highest BCUT2D eigenvalue weighted by atomic mass is 35.5. The van der Waals surface area contributed by atoms with E-state index < -0.39 is 0 Å². The van der Waals surface area contributed by atoms with Crippen LogP contribution in [0.3, 0.4) is 0 Å². The van der Waals surface area contributed by atoms with E-state index in [1.807, 2.05) is 36.6 Å². The summed E-state index contributed by atoms with van der Waals surface area (Å²) >= 11 is 5.75. The minimum Gasteiger partial charge on any atom is -0.291 e. The van der Waals surface area contributed by atoms with Gasteiger partial charge in [-0.3, -0.25) is 4.79 Å². The van der Waals surface area contributed by atoms with Gasteiger partial charge in [0.05, 0.1) is 0 Å². The maximum absolute atomic E-state index is 9.91. The summed E-state index contributed by atoms with van der Waals surface area (Å²) in [4.78, 5) is 9.91. The van der Waals surface area contributed by atoms with Crippen LogP contribution in [-0.4, -0.2) is 6.29 Å². The molecule has 0 N–H and O–H groups in total. The molecule has 0 heterocycles. The topological polar surface area (TPSA) is 17.1 Å². The molecular weight excluding hydrogens is 196 g/mol. The second kappa shape index (κ2) is 6.39. The van der Waals surface area contributed by atoms with Gasteiger partial charge in [-0.25, -0.2) is 0 Å². The fourth-order valence-electron chi connectivity index (χ4n) is 1.09. The monoisotopic (exact) mass is 207 g/mol. The Morgan fingerprint density at radius 1 is 1.29 bits per heavy atom. The van der Waals surface area contributed by atoms with Gasteiger partial charge in [0.2, 0.25) is 0 Å². The van der Waals surface area contributed by atoms with Crippen molar-refractivity contribution in [2.45, 2.75) is 19.3 Å². The lowest BCUT2D eigenvalue weighted by Gasteiger charge is -1.93. The van der Waals surface area contributed by atoms with E-state index >= 15 is 0 Å². The van der Waals surface area contributed by atoms with Crippen molar-refractivity contribution < 1.29 is 4.79 Å². The molecule has 1 rings (SSSR count). The van der Waals surface area contributed by atoms with Crippen molar-refractivity contribution in [3.05, 3.63) is 40.9 Å². The van der Waals surface area contributed by atoms with Crippen molar-refractivity contribution in [2.24, 2.45) is 0 Å². The van der Waals surface area contributed by atoms with E-state index in [0.717, 1.165) is 23.4 Å². The first-order valence-electron chi connectivity index (χ1n) is 4.60. The van der Waals surface area contributed by atoms with Gasteiger partial charge in [0.15, 0.2) is 6.29 Å².